The number of phenols is 1. The molecule has 0 spiro atoms. The molecule has 0 saturated carbocycles. The monoisotopic (exact) mass is 929 g/mol. The van der Waals surface area contributed by atoms with Gasteiger partial charge < -0.3 is 57.8 Å². The highest BCUT2D eigenvalue weighted by Crippen LogP contribution is 2.78. The summed E-state index contributed by atoms with van der Waals surface area (Å²) in [6.07, 6.45) is 2.06. The summed E-state index contributed by atoms with van der Waals surface area (Å²) >= 11 is 0. The number of hydrogen-bond acceptors (Lipinski definition) is 15. The van der Waals surface area contributed by atoms with Crippen molar-refractivity contribution in [2.75, 3.05) is 33.0 Å². The Morgan fingerprint density at radius 1 is 0.281 bits per heavy atom. The van der Waals surface area contributed by atoms with Crippen LogP contribution in [0.25, 0.3) is 0 Å². The Hall–Kier alpha value is -5.59. The maximum absolute atomic E-state index is 10.3. The normalized spacial score (nSPS) is 16.0. The molecule has 0 aromatic heterocycles. The molecule has 64 heavy (non-hydrogen) atoms. The molecule has 18 heteroatoms. The van der Waals surface area contributed by atoms with Gasteiger partial charge in [0, 0.05) is 33.0 Å². The maximum atomic E-state index is 10.3. The summed E-state index contributed by atoms with van der Waals surface area (Å²) in [4.78, 5) is 0. The summed E-state index contributed by atoms with van der Waals surface area (Å²) < 4.78 is 56.9. The number of rotatable bonds is 22. The van der Waals surface area contributed by atoms with Crippen LogP contribution >= 0.6 is 23.0 Å². The predicted octanol–water partition coefficient (Wildman–Crippen LogP) is 9.69. The third-order valence-corrected chi connectivity index (χ3v) is 17.6. The van der Waals surface area contributed by atoms with E-state index in [1.807, 2.05) is 0 Å². The number of nitrogens with zero attached hydrogens (tertiary/aromatic N) is 3. The second kappa shape index (κ2) is 21.9. The summed E-state index contributed by atoms with van der Waals surface area (Å²) in [7, 11) is -12.8. The minimum absolute atomic E-state index is 0.0155. The SMILES string of the molecule is OCCc1ccc(OP2(Oc3ccc(O)cc3)=NP(Oc3ccc(CCO)cc3)(Oc3ccc(CCO)cc3)=NP(Oc3ccc(CCO)cc3)(Oc3ccc(CCO)cc3)=N2)cc1. The Labute approximate surface area is 371 Å². The van der Waals surface area contributed by atoms with Crippen LogP contribution in [0.5, 0.6) is 40.2 Å². The Kier molecular flexibility index (Phi) is 15.9. The molecule has 6 aromatic rings. The number of phenolic OH excluding ortho intramolecular Hbond substituents is 1. The Morgan fingerprint density at radius 3 is 0.625 bits per heavy atom. The van der Waals surface area contributed by atoms with E-state index < -0.39 is 23.0 Å². The lowest BCUT2D eigenvalue weighted by atomic mass is 10.2. The number of hydrogen-bond donors (Lipinski definition) is 6. The van der Waals surface area contributed by atoms with Crippen LogP contribution in [0, 0.1) is 0 Å². The highest BCUT2D eigenvalue weighted by Gasteiger charge is 2.49. The zero-order valence-corrected chi connectivity index (χ0v) is 37.4. The average molecular weight is 930 g/mol. The molecular formula is C46H50N3O12P3. The van der Waals surface area contributed by atoms with Crippen molar-refractivity contribution in [3.8, 4) is 40.2 Å². The zero-order chi connectivity index (χ0) is 44.8. The lowest BCUT2D eigenvalue weighted by molar-refractivity contribution is 0.299. The van der Waals surface area contributed by atoms with Gasteiger partial charge >= 0.3 is 23.0 Å². The molecule has 1 aliphatic heterocycles. The summed E-state index contributed by atoms with van der Waals surface area (Å²) in [5.41, 5.74) is 4.25. The van der Waals surface area contributed by atoms with Crippen LogP contribution < -0.4 is 27.1 Å². The van der Waals surface area contributed by atoms with Gasteiger partial charge in [-0.05, 0) is 145 Å². The fraction of sp³-hybridized carbons (Fsp3) is 0.217. The van der Waals surface area contributed by atoms with Gasteiger partial charge in [0.25, 0.3) is 0 Å². The molecule has 1 heterocycles. The maximum Gasteiger partial charge on any atom is 0.460 e. The molecule has 1 unspecified atom stereocenters. The lowest BCUT2D eigenvalue weighted by Gasteiger charge is -2.33. The van der Waals surface area contributed by atoms with Gasteiger partial charge in [0.15, 0.2) is 0 Å². The average Bonchev–Trinajstić information content (AvgIpc) is 3.28. The van der Waals surface area contributed by atoms with Gasteiger partial charge in [0.2, 0.25) is 0 Å². The van der Waals surface area contributed by atoms with Crippen molar-refractivity contribution in [2.24, 2.45) is 13.5 Å². The fourth-order valence-corrected chi connectivity index (χ4v) is 15.4. The smallest absolute Gasteiger partial charge is 0.460 e. The molecule has 0 amide bonds. The van der Waals surface area contributed by atoms with E-state index in [1.54, 1.807) is 121 Å². The van der Waals surface area contributed by atoms with E-state index in [4.69, 9.17) is 40.7 Å². The molecule has 0 bridgehead atoms. The van der Waals surface area contributed by atoms with E-state index >= 15 is 0 Å². The van der Waals surface area contributed by atoms with E-state index in [1.165, 1.54) is 24.3 Å². The van der Waals surface area contributed by atoms with Crippen LogP contribution in [0.15, 0.2) is 159 Å². The minimum Gasteiger partial charge on any atom is -0.508 e. The molecule has 1 aliphatic rings. The third-order valence-electron chi connectivity index (χ3n) is 9.48. The highest BCUT2D eigenvalue weighted by molar-refractivity contribution is 7.79. The standard InChI is InChI=1S/C46H50N3O12P3/c50-30-25-35-1-13-41(14-2-35)56-62(57-42-15-3-36(4-16-42)26-31-51)47-63(58-43-17-5-37(6-18-43)27-32-52,59-44-19-7-38(8-20-44)28-33-53)49-64(48-62,61-46-23-11-40(55)12-24-46)60-45-21-9-39(10-22-45)29-34-54/h1-24,50-55H,25-34H2. The highest BCUT2D eigenvalue weighted by atomic mass is 31.3. The second-order valence-corrected chi connectivity index (χ2v) is 20.6. The van der Waals surface area contributed by atoms with Crippen LogP contribution in [-0.2, 0) is 32.1 Å². The van der Waals surface area contributed by atoms with Crippen molar-refractivity contribution in [1.29, 1.82) is 0 Å². The van der Waals surface area contributed by atoms with Crippen molar-refractivity contribution < 1.29 is 57.8 Å². The molecule has 7 rings (SSSR count). The first-order valence-corrected chi connectivity index (χ1v) is 25.1. The molecule has 0 radical (unpaired) electrons. The number of aromatic hydroxyl groups is 1. The van der Waals surface area contributed by atoms with Crippen LogP contribution in [0.2, 0.25) is 0 Å². The van der Waals surface area contributed by atoms with Gasteiger partial charge in [-0.1, -0.05) is 74.2 Å². The van der Waals surface area contributed by atoms with Crippen LogP contribution in [0.1, 0.15) is 27.8 Å². The molecule has 6 aromatic carbocycles. The van der Waals surface area contributed by atoms with E-state index in [-0.39, 0.29) is 73.3 Å². The van der Waals surface area contributed by atoms with Gasteiger partial charge in [-0.3, -0.25) is 0 Å². The first kappa shape index (κ1) is 46.4. The third kappa shape index (κ3) is 12.6. The molecule has 6 N–H and O–H groups in total. The van der Waals surface area contributed by atoms with Crippen LogP contribution in [0.4, 0.5) is 0 Å². The summed E-state index contributed by atoms with van der Waals surface area (Å²) in [6.45, 7) is -0.268. The van der Waals surface area contributed by atoms with Gasteiger partial charge in [0.05, 0.1) is 0 Å². The first-order chi connectivity index (χ1) is 31.1. The quantitative estimate of drug-likeness (QED) is 0.0351. The second-order valence-electron chi connectivity index (χ2n) is 14.4. The summed E-state index contributed by atoms with van der Waals surface area (Å²) in [5, 5.41) is 58.5. The van der Waals surface area contributed by atoms with Crippen molar-refractivity contribution in [3.63, 3.8) is 0 Å². The van der Waals surface area contributed by atoms with Crippen LogP contribution in [-0.4, -0.2) is 63.7 Å². The van der Waals surface area contributed by atoms with Gasteiger partial charge in [0.1, 0.15) is 40.2 Å². The largest absolute Gasteiger partial charge is 0.508 e. The van der Waals surface area contributed by atoms with Crippen LogP contribution in [0.3, 0.4) is 0 Å². The molecular weight excluding hydrogens is 879 g/mol. The van der Waals surface area contributed by atoms with E-state index in [0.717, 1.165) is 27.8 Å². The van der Waals surface area contributed by atoms with E-state index in [2.05, 4.69) is 0 Å². The molecule has 0 fully saturated rings. The van der Waals surface area contributed by atoms with Gasteiger partial charge in [-0.15, -0.1) is 0 Å². The van der Waals surface area contributed by atoms with Gasteiger partial charge in [-0.25, -0.2) is 0 Å². The first-order valence-electron chi connectivity index (χ1n) is 20.5. The van der Waals surface area contributed by atoms with Crippen molar-refractivity contribution >= 4 is 23.0 Å². The fourth-order valence-electron chi connectivity index (χ4n) is 6.32. The van der Waals surface area contributed by atoms with E-state index in [0.29, 0.717) is 32.1 Å². The van der Waals surface area contributed by atoms with Crippen molar-refractivity contribution in [1.82, 2.24) is 0 Å². The number of aliphatic hydroxyl groups excluding tert-OH is 5. The lowest BCUT2D eigenvalue weighted by Crippen LogP contribution is -2.11. The molecule has 15 nitrogen and oxygen atoms in total. The molecule has 0 saturated heterocycles. The van der Waals surface area contributed by atoms with Gasteiger partial charge in [-0.2, -0.15) is 0 Å². The molecule has 1 atom stereocenters. The summed E-state index contributed by atoms with van der Waals surface area (Å²) in [5.74, 6) is 1.63. The Bertz CT molecular complexity index is 2380. The Balaban J connectivity index is 1.53. The van der Waals surface area contributed by atoms with Crippen molar-refractivity contribution in [3.05, 3.63) is 173 Å². The predicted molar refractivity (Wildman–Crippen MR) is 246 cm³/mol. The number of aliphatic hydroxyl groups is 5. The molecule has 336 valence electrons. The minimum atomic E-state index is -4.26. The number of benzene rings is 6. The Morgan fingerprint density at radius 2 is 0.453 bits per heavy atom. The zero-order valence-electron chi connectivity index (χ0n) is 34.7. The topological polar surface area (TPSA) is 214 Å². The summed E-state index contributed by atoms with van der Waals surface area (Å²) in [6, 6.07) is 41.0. The molecule has 0 aliphatic carbocycles. The van der Waals surface area contributed by atoms with E-state index in [9.17, 15) is 30.6 Å². The van der Waals surface area contributed by atoms with Crippen molar-refractivity contribution in [2.45, 2.75) is 32.1 Å².